The minimum Gasteiger partial charge on any atom is -0.311 e. The molecule has 4 heteroatoms. The molecule has 2 rings (SSSR count). The van der Waals surface area contributed by atoms with Crippen LogP contribution in [0.25, 0.3) is 0 Å². The van der Waals surface area contributed by atoms with Crippen LogP contribution in [0.4, 0.5) is 0 Å². The first-order valence-electron chi connectivity index (χ1n) is 7.69. The molecule has 1 aliphatic carbocycles. The van der Waals surface area contributed by atoms with Crippen molar-refractivity contribution in [3.63, 3.8) is 0 Å². The van der Waals surface area contributed by atoms with Gasteiger partial charge in [-0.15, -0.1) is 11.3 Å². The lowest BCUT2D eigenvalue weighted by molar-refractivity contribution is 0.155. The fourth-order valence-corrected chi connectivity index (χ4v) is 3.74. The van der Waals surface area contributed by atoms with Gasteiger partial charge >= 0.3 is 0 Å². The predicted octanol–water partition coefficient (Wildman–Crippen LogP) is 3.52. The van der Waals surface area contributed by atoms with E-state index in [0.29, 0.717) is 5.41 Å². The summed E-state index contributed by atoms with van der Waals surface area (Å²) in [5.41, 5.74) is 3.80. The molecule has 3 nitrogen and oxygen atoms in total. The van der Waals surface area contributed by atoms with Crippen LogP contribution in [0.3, 0.4) is 0 Å². The van der Waals surface area contributed by atoms with Crippen molar-refractivity contribution in [3.8, 4) is 0 Å². The molecular weight excluding hydrogens is 266 g/mol. The average Bonchev–Trinajstić information content (AvgIpc) is 2.98. The molecule has 20 heavy (non-hydrogen) atoms. The van der Waals surface area contributed by atoms with Crippen LogP contribution in [0.5, 0.6) is 0 Å². The number of aromatic nitrogens is 1. The van der Waals surface area contributed by atoms with E-state index in [1.54, 1.807) is 11.3 Å². The maximum atomic E-state index is 4.40. The van der Waals surface area contributed by atoms with Crippen LogP contribution in [-0.4, -0.2) is 35.6 Å². The van der Waals surface area contributed by atoms with Crippen molar-refractivity contribution in [2.45, 2.75) is 58.5 Å². The van der Waals surface area contributed by atoms with Crippen LogP contribution in [-0.2, 0) is 6.54 Å². The Morgan fingerprint density at radius 2 is 2.05 bits per heavy atom. The Morgan fingerprint density at radius 3 is 2.60 bits per heavy atom. The van der Waals surface area contributed by atoms with Crippen molar-refractivity contribution in [2.24, 2.45) is 5.41 Å². The first-order chi connectivity index (χ1) is 9.39. The average molecular weight is 295 g/mol. The van der Waals surface area contributed by atoms with Crippen LogP contribution in [0, 0.1) is 5.41 Å². The topological polar surface area (TPSA) is 28.2 Å². The molecular formula is C16H29N3S. The van der Waals surface area contributed by atoms with Gasteiger partial charge in [0.1, 0.15) is 0 Å². The van der Waals surface area contributed by atoms with Crippen LogP contribution in [0.1, 0.15) is 52.1 Å². The molecule has 0 radical (unpaired) electrons. The predicted molar refractivity (Wildman–Crippen MR) is 87.1 cm³/mol. The zero-order valence-corrected chi connectivity index (χ0v) is 14.2. The van der Waals surface area contributed by atoms with Gasteiger partial charge in [0.05, 0.1) is 11.2 Å². The molecule has 0 bridgehead atoms. The van der Waals surface area contributed by atoms with Crippen molar-refractivity contribution in [3.05, 3.63) is 16.6 Å². The summed E-state index contributed by atoms with van der Waals surface area (Å²) < 4.78 is 0. The maximum absolute atomic E-state index is 4.40. The Hall–Kier alpha value is -0.450. The summed E-state index contributed by atoms with van der Waals surface area (Å²) in [4.78, 5) is 6.85. The third-order valence-corrected chi connectivity index (χ3v) is 4.81. The Kier molecular flexibility index (Phi) is 5.21. The number of nitrogens with one attached hydrogen (secondary N) is 1. The van der Waals surface area contributed by atoms with Gasteiger partial charge in [-0.05, 0) is 46.1 Å². The number of rotatable bonds is 6. The van der Waals surface area contributed by atoms with Gasteiger partial charge in [-0.25, -0.2) is 4.98 Å². The summed E-state index contributed by atoms with van der Waals surface area (Å²) in [6.07, 6.45) is 5.49. The van der Waals surface area contributed by atoms with E-state index in [2.05, 4.69) is 48.4 Å². The molecule has 0 aliphatic heterocycles. The zero-order valence-electron chi connectivity index (χ0n) is 13.4. The van der Waals surface area contributed by atoms with Gasteiger partial charge in [-0.1, -0.05) is 12.8 Å². The molecule has 0 amide bonds. The highest BCUT2D eigenvalue weighted by Gasteiger charge is 2.35. The highest BCUT2D eigenvalue weighted by molar-refractivity contribution is 7.07. The van der Waals surface area contributed by atoms with E-state index < -0.39 is 0 Å². The van der Waals surface area contributed by atoms with E-state index >= 15 is 0 Å². The fraction of sp³-hybridized carbons (Fsp3) is 0.812. The van der Waals surface area contributed by atoms with Crippen molar-refractivity contribution in [2.75, 3.05) is 20.1 Å². The molecule has 1 saturated carbocycles. The van der Waals surface area contributed by atoms with Crippen molar-refractivity contribution in [1.82, 2.24) is 15.2 Å². The second kappa shape index (κ2) is 6.54. The molecule has 1 fully saturated rings. The van der Waals surface area contributed by atoms with Gasteiger partial charge in [-0.2, -0.15) is 0 Å². The van der Waals surface area contributed by atoms with Gasteiger partial charge < -0.3 is 5.32 Å². The normalized spacial score (nSPS) is 18.9. The van der Waals surface area contributed by atoms with Gasteiger partial charge in [0, 0.05) is 30.6 Å². The summed E-state index contributed by atoms with van der Waals surface area (Å²) in [5, 5.41) is 5.89. The minimum atomic E-state index is 0.211. The van der Waals surface area contributed by atoms with Crippen LogP contribution < -0.4 is 5.32 Å². The van der Waals surface area contributed by atoms with Crippen LogP contribution in [0.15, 0.2) is 10.9 Å². The van der Waals surface area contributed by atoms with Crippen LogP contribution in [0.2, 0.25) is 0 Å². The van der Waals surface area contributed by atoms with E-state index in [0.717, 1.165) is 13.1 Å². The molecule has 1 N–H and O–H groups in total. The first-order valence-corrected chi connectivity index (χ1v) is 8.64. The third-order valence-electron chi connectivity index (χ3n) is 4.18. The van der Waals surface area contributed by atoms with Crippen molar-refractivity contribution >= 4 is 11.3 Å². The highest BCUT2D eigenvalue weighted by Crippen LogP contribution is 2.38. The number of hydrogen-bond acceptors (Lipinski definition) is 4. The van der Waals surface area contributed by atoms with Crippen molar-refractivity contribution in [1.29, 1.82) is 0 Å². The molecule has 0 saturated heterocycles. The molecule has 114 valence electrons. The van der Waals surface area contributed by atoms with Crippen molar-refractivity contribution < 1.29 is 0 Å². The Bertz CT molecular complexity index is 388. The Morgan fingerprint density at radius 1 is 1.35 bits per heavy atom. The molecule has 1 aliphatic rings. The fourth-order valence-electron chi connectivity index (χ4n) is 3.19. The summed E-state index contributed by atoms with van der Waals surface area (Å²) in [6.45, 7) is 10.1. The Balaban J connectivity index is 1.91. The lowest BCUT2D eigenvalue weighted by atomic mass is 9.84. The van der Waals surface area contributed by atoms with Gasteiger partial charge in [0.15, 0.2) is 0 Å². The maximum Gasteiger partial charge on any atom is 0.0795 e. The Labute approximate surface area is 127 Å². The van der Waals surface area contributed by atoms with Gasteiger partial charge in [0.2, 0.25) is 0 Å². The second-order valence-corrected chi connectivity index (χ2v) is 8.18. The molecule has 0 aromatic carbocycles. The summed E-state index contributed by atoms with van der Waals surface area (Å²) in [5.74, 6) is 0. The summed E-state index contributed by atoms with van der Waals surface area (Å²) in [6, 6.07) is 0. The quantitative estimate of drug-likeness (QED) is 0.870. The van der Waals surface area contributed by atoms with Gasteiger partial charge in [-0.3, -0.25) is 4.90 Å². The van der Waals surface area contributed by atoms with E-state index in [1.165, 1.54) is 37.9 Å². The lowest BCUT2D eigenvalue weighted by Gasteiger charge is -2.36. The largest absolute Gasteiger partial charge is 0.311 e. The van der Waals surface area contributed by atoms with Crippen LogP contribution >= 0.6 is 11.3 Å². The molecule has 0 atom stereocenters. The standard InChI is InChI=1S/C16H29N3S/c1-15(2,3)18-11-16(7-5-6-8-16)12-19(4)9-14-10-20-13-17-14/h10,13,18H,5-9,11-12H2,1-4H3. The summed E-state index contributed by atoms with van der Waals surface area (Å²) in [7, 11) is 2.23. The molecule has 0 unspecified atom stereocenters. The van der Waals surface area contributed by atoms with E-state index in [-0.39, 0.29) is 5.54 Å². The van der Waals surface area contributed by atoms with E-state index in [9.17, 15) is 0 Å². The molecule has 1 aromatic rings. The third kappa shape index (κ3) is 4.83. The number of nitrogens with zero attached hydrogens (tertiary/aromatic N) is 2. The zero-order chi connectivity index (χ0) is 14.6. The monoisotopic (exact) mass is 295 g/mol. The number of thiazole rings is 1. The number of hydrogen-bond donors (Lipinski definition) is 1. The summed E-state index contributed by atoms with van der Waals surface area (Å²) >= 11 is 1.69. The molecule has 1 heterocycles. The SMILES string of the molecule is CN(Cc1cscn1)CC1(CNC(C)(C)C)CCCC1. The van der Waals surface area contributed by atoms with E-state index in [1.807, 2.05) is 5.51 Å². The molecule has 0 spiro atoms. The minimum absolute atomic E-state index is 0.211. The smallest absolute Gasteiger partial charge is 0.0795 e. The van der Waals surface area contributed by atoms with E-state index in [4.69, 9.17) is 0 Å². The van der Waals surface area contributed by atoms with Gasteiger partial charge in [0.25, 0.3) is 0 Å². The first kappa shape index (κ1) is 15.9. The molecule has 1 aromatic heterocycles. The highest BCUT2D eigenvalue weighted by atomic mass is 32.1. The second-order valence-electron chi connectivity index (χ2n) is 7.46. The lowest BCUT2D eigenvalue weighted by Crippen LogP contribution is -2.47.